The number of anilines is 4. The molecule has 1 aliphatic rings. The van der Waals surface area contributed by atoms with Gasteiger partial charge in [-0.05, 0) is 61.0 Å². The number of hydrogen-bond acceptors (Lipinski definition) is 5. The van der Waals surface area contributed by atoms with Gasteiger partial charge in [-0.3, -0.25) is 4.79 Å². The summed E-state index contributed by atoms with van der Waals surface area (Å²) in [4.78, 5) is 30.9. The predicted molar refractivity (Wildman–Crippen MR) is 170 cm³/mol. The van der Waals surface area contributed by atoms with Gasteiger partial charge in [-0.2, -0.15) is 13.2 Å². The zero-order valence-corrected chi connectivity index (χ0v) is 24.9. The van der Waals surface area contributed by atoms with Crippen molar-refractivity contribution in [1.29, 1.82) is 0 Å². The van der Waals surface area contributed by atoms with Crippen LogP contribution < -0.4 is 30.5 Å². The summed E-state index contributed by atoms with van der Waals surface area (Å²) in [7, 11) is 1.64. The molecule has 8 nitrogen and oxygen atoms in total. The fourth-order valence-corrected chi connectivity index (χ4v) is 5.32. The van der Waals surface area contributed by atoms with E-state index in [2.05, 4.69) is 25.8 Å². The number of alkyl halides is 3. The van der Waals surface area contributed by atoms with Gasteiger partial charge in [0, 0.05) is 43.2 Å². The molecular formula is C34H34F3N5O3. The second kappa shape index (κ2) is 13.6. The smallest absolute Gasteiger partial charge is 0.416 e. The number of urea groups is 1. The summed E-state index contributed by atoms with van der Waals surface area (Å²) in [6.45, 7) is 4.55. The number of ether oxygens (including phenoxy) is 1. The Morgan fingerprint density at radius 2 is 1.38 bits per heavy atom. The third kappa shape index (κ3) is 7.67. The van der Waals surface area contributed by atoms with E-state index in [0.717, 1.165) is 29.1 Å². The fraction of sp³-hybridized carbons (Fsp3) is 0.235. The Bertz CT molecular complexity index is 1640. The van der Waals surface area contributed by atoms with Crippen molar-refractivity contribution in [3.63, 3.8) is 0 Å². The molecule has 0 saturated carbocycles. The van der Waals surface area contributed by atoms with Crippen LogP contribution in [0.5, 0.6) is 5.75 Å². The van der Waals surface area contributed by atoms with E-state index in [4.69, 9.17) is 4.74 Å². The van der Waals surface area contributed by atoms with E-state index in [1.165, 1.54) is 12.1 Å². The van der Waals surface area contributed by atoms with Crippen molar-refractivity contribution in [2.75, 3.05) is 53.7 Å². The highest BCUT2D eigenvalue weighted by Gasteiger charge is 2.30. The van der Waals surface area contributed by atoms with Gasteiger partial charge in [0.05, 0.1) is 30.0 Å². The van der Waals surface area contributed by atoms with Crippen LogP contribution >= 0.6 is 0 Å². The molecule has 1 fully saturated rings. The predicted octanol–water partition coefficient (Wildman–Crippen LogP) is 7.18. The van der Waals surface area contributed by atoms with Gasteiger partial charge in [0.15, 0.2) is 0 Å². The van der Waals surface area contributed by atoms with Gasteiger partial charge in [-0.15, -0.1) is 0 Å². The van der Waals surface area contributed by atoms with Crippen LogP contribution in [0.15, 0.2) is 97.1 Å². The van der Waals surface area contributed by atoms with Gasteiger partial charge in [-0.25, -0.2) is 4.79 Å². The highest BCUT2D eigenvalue weighted by atomic mass is 19.4. The minimum Gasteiger partial charge on any atom is -0.495 e. The molecule has 5 rings (SSSR count). The Labute approximate surface area is 259 Å². The second-order valence-corrected chi connectivity index (χ2v) is 10.6. The van der Waals surface area contributed by atoms with Crippen LogP contribution in [0.3, 0.4) is 0 Å². The van der Waals surface area contributed by atoms with E-state index in [9.17, 15) is 22.8 Å². The van der Waals surface area contributed by atoms with Crippen molar-refractivity contribution in [2.24, 2.45) is 0 Å². The maximum Gasteiger partial charge on any atom is 0.416 e. The molecule has 1 atom stereocenters. The highest BCUT2D eigenvalue weighted by Crippen LogP contribution is 2.32. The van der Waals surface area contributed by atoms with Crippen molar-refractivity contribution in [3.05, 3.63) is 114 Å². The number of piperazine rings is 1. The average molecular weight is 618 g/mol. The second-order valence-electron chi connectivity index (χ2n) is 10.6. The lowest BCUT2D eigenvalue weighted by Gasteiger charge is -2.38. The highest BCUT2D eigenvalue weighted by molar-refractivity contribution is 6.04. The van der Waals surface area contributed by atoms with Crippen LogP contribution in [-0.2, 0) is 6.18 Å². The average Bonchev–Trinajstić information content (AvgIpc) is 3.05. The Balaban J connectivity index is 1.36. The minimum absolute atomic E-state index is 0.0125. The number of amides is 3. The molecule has 0 aliphatic carbocycles. The molecule has 0 radical (unpaired) electrons. The number of carbonyl (C=O) groups is 2. The summed E-state index contributed by atoms with van der Waals surface area (Å²) in [6.07, 6.45) is -4.54. The molecule has 4 aromatic rings. The third-order valence-corrected chi connectivity index (χ3v) is 7.64. The lowest BCUT2D eigenvalue weighted by molar-refractivity contribution is -0.137. The van der Waals surface area contributed by atoms with E-state index in [-0.39, 0.29) is 17.6 Å². The van der Waals surface area contributed by atoms with Crippen molar-refractivity contribution < 1.29 is 27.5 Å². The monoisotopic (exact) mass is 617 g/mol. The lowest BCUT2D eigenvalue weighted by Crippen LogP contribution is -2.47. The summed E-state index contributed by atoms with van der Waals surface area (Å²) in [5.74, 6) is 0.468. The number of nitrogens with zero attached hydrogens (tertiary/aromatic N) is 2. The van der Waals surface area contributed by atoms with Gasteiger partial charge < -0.3 is 30.5 Å². The topological polar surface area (TPSA) is 85.9 Å². The SMILES string of the molecule is COc1ccccc1N1CCN(c2ccc(NC(=O)Nc3cccc(C(F)(F)F)c3)cc2C(=O)NC(C)c2ccccc2)CC1. The first-order chi connectivity index (χ1) is 21.6. The number of para-hydroxylation sites is 2. The van der Waals surface area contributed by atoms with Crippen molar-refractivity contribution in [2.45, 2.75) is 19.1 Å². The van der Waals surface area contributed by atoms with Gasteiger partial charge >= 0.3 is 12.2 Å². The molecule has 1 heterocycles. The Morgan fingerprint density at radius 1 is 0.756 bits per heavy atom. The number of carbonyl (C=O) groups excluding carboxylic acids is 2. The van der Waals surface area contributed by atoms with E-state index in [0.29, 0.717) is 43.1 Å². The molecule has 1 unspecified atom stereocenters. The zero-order chi connectivity index (χ0) is 32.0. The standard InChI is InChI=1S/C34H34F3N5O3/c1-23(24-9-4-3-5-10-24)38-32(43)28-22-27(40-33(44)39-26-12-8-11-25(21-26)34(35,36)37)15-16-29(28)41-17-19-42(20-18-41)30-13-6-7-14-31(30)45-2/h3-16,21-23H,17-20H2,1-2H3,(H,38,43)(H2,39,40,44). The van der Waals surface area contributed by atoms with E-state index in [1.807, 2.05) is 61.5 Å². The normalized spacial score (nSPS) is 14.0. The van der Waals surface area contributed by atoms with Gasteiger partial charge in [0.25, 0.3) is 5.91 Å². The maximum atomic E-state index is 13.7. The van der Waals surface area contributed by atoms with Crippen LogP contribution in [0.1, 0.15) is 34.5 Å². The van der Waals surface area contributed by atoms with E-state index in [1.54, 1.807) is 25.3 Å². The van der Waals surface area contributed by atoms with Crippen molar-refractivity contribution >= 4 is 34.7 Å². The first-order valence-corrected chi connectivity index (χ1v) is 14.5. The van der Waals surface area contributed by atoms with Crippen molar-refractivity contribution in [3.8, 4) is 5.75 Å². The van der Waals surface area contributed by atoms with Gasteiger partial charge in [-0.1, -0.05) is 48.5 Å². The quantitative estimate of drug-likeness (QED) is 0.195. The first-order valence-electron chi connectivity index (χ1n) is 14.5. The summed E-state index contributed by atoms with van der Waals surface area (Å²) in [6, 6.07) is 25.8. The van der Waals surface area contributed by atoms with E-state index >= 15 is 0 Å². The fourth-order valence-electron chi connectivity index (χ4n) is 5.32. The molecule has 1 aliphatic heterocycles. The van der Waals surface area contributed by atoms with Crippen LogP contribution in [0.4, 0.5) is 40.7 Å². The van der Waals surface area contributed by atoms with Crippen LogP contribution in [0.2, 0.25) is 0 Å². The van der Waals surface area contributed by atoms with Crippen LogP contribution in [0.25, 0.3) is 0 Å². The van der Waals surface area contributed by atoms with Crippen LogP contribution in [-0.4, -0.2) is 45.2 Å². The first kappa shape index (κ1) is 31.2. The Kier molecular flexibility index (Phi) is 9.46. The number of halogens is 3. The Hall–Kier alpha value is -5.19. The zero-order valence-electron chi connectivity index (χ0n) is 24.9. The number of benzene rings is 4. The molecule has 3 N–H and O–H groups in total. The largest absolute Gasteiger partial charge is 0.495 e. The summed E-state index contributed by atoms with van der Waals surface area (Å²) in [5.41, 5.74) is 2.43. The third-order valence-electron chi connectivity index (χ3n) is 7.64. The van der Waals surface area contributed by atoms with Gasteiger partial charge in [0.2, 0.25) is 0 Å². The lowest BCUT2D eigenvalue weighted by atomic mass is 10.1. The number of hydrogen-bond donors (Lipinski definition) is 3. The Morgan fingerprint density at radius 3 is 2.04 bits per heavy atom. The summed E-state index contributed by atoms with van der Waals surface area (Å²) >= 11 is 0. The number of rotatable bonds is 8. The molecule has 3 amide bonds. The summed E-state index contributed by atoms with van der Waals surface area (Å²) < 4.78 is 44.9. The van der Waals surface area contributed by atoms with Crippen molar-refractivity contribution in [1.82, 2.24) is 5.32 Å². The molecule has 0 spiro atoms. The molecule has 0 bridgehead atoms. The molecule has 0 aromatic heterocycles. The molecule has 234 valence electrons. The molecule has 11 heteroatoms. The number of methoxy groups -OCH3 is 1. The molecule has 1 saturated heterocycles. The molecular weight excluding hydrogens is 583 g/mol. The van der Waals surface area contributed by atoms with E-state index < -0.39 is 17.8 Å². The van der Waals surface area contributed by atoms with Gasteiger partial charge in [0.1, 0.15) is 5.75 Å². The number of nitrogens with one attached hydrogen (secondary N) is 3. The maximum absolute atomic E-state index is 13.7. The summed E-state index contributed by atoms with van der Waals surface area (Å²) in [5, 5.41) is 8.14. The molecule has 4 aromatic carbocycles. The van der Waals surface area contributed by atoms with Crippen LogP contribution in [0, 0.1) is 0 Å². The minimum atomic E-state index is -4.54. The molecule has 45 heavy (non-hydrogen) atoms.